The number of piperazine rings is 1. The predicted octanol–water partition coefficient (Wildman–Crippen LogP) is 0.621. The molecule has 1 aliphatic rings. The van der Waals surface area contributed by atoms with Crippen molar-refractivity contribution in [1.29, 1.82) is 0 Å². The van der Waals surface area contributed by atoms with Crippen LogP contribution in [0.2, 0.25) is 0 Å². The second kappa shape index (κ2) is 14.3. The van der Waals surface area contributed by atoms with Crippen LogP contribution in [0.1, 0.15) is 24.8 Å². The molecule has 3 heterocycles. The average molecular weight is 487 g/mol. The highest BCUT2D eigenvalue weighted by Crippen LogP contribution is 2.14. The quantitative estimate of drug-likeness (QED) is 0.219. The molecule has 2 aromatic heterocycles. The number of aromatic nitrogens is 4. The molecule has 1 fully saturated rings. The van der Waals surface area contributed by atoms with Gasteiger partial charge in [0.25, 0.3) is 0 Å². The summed E-state index contributed by atoms with van der Waals surface area (Å²) in [6.45, 7) is 6.91. The summed E-state index contributed by atoms with van der Waals surface area (Å²) in [4.78, 5) is 34.7. The Morgan fingerprint density at radius 1 is 1.11 bits per heavy atom. The fourth-order valence-electron chi connectivity index (χ4n) is 3.72. The number of rotatable bonds is 14. The number of likely N-dealkylation sites (N-methyl/N-ethyl adjacent to an activating group) is 1. The highest BCUT2D eigenvalue weighted by atomic mass is 16.5. The Kier molecular flexibility index (Phi) is 10.9. The van der Waals surface area contributed by atoms with E-state index in [0.717, 1.165) is 51.1 Å². The molecule has 2 aromatic rings. The molecule has 0 spiro atoms. The third-order valence-electron chi connectivity index (χ3n) is 5.85. The van der Waals surface area contributed by atoms with Crippen LogP contribution in [0.3, 0.4) is 0 Å². The van der Waals surface area contributed by atoms with Crippen molar-refractivity contribution in [3.63, 3.8) is 0 Å². The molecular formula is C23H38N10O2. The van der Waals surface area contributed by atoms with Gasteiger partial charge in [-0.2, -0.15) is 15.0 Å². The van der Waals surface area contributed by atoms with E-state index < -0.39 is 6.04 Å². The van der Waals surface area contributed by atoms with Crippen LogP contribution in [0.5, 0.6) is 0 Å². The molecule has 0 saturated carbocycles. The van der Waals surface area contributed by atoms with Crippen molar-refractivity contribution >= 4 is 23.8 Å². The molecule has 3 rings (SSSR count). The zero-order valence-electron chi connectivity index (χ0n) is 20.7. The summed E-state index contributed by atoms with van der Waals surface area (Å²) in [6.07, 6.45) is 5.70. The molecule has 1 aliphatic heterocycles. The van der Waals surface area contributed by atoms with Gasteiger partial charge in [0.2, 0.25) is 17.8 Å². The lowest BCUT2D eigenvalue weighted by molar-refractivity contribution is -0.141. The minimum Gasteiger partial charge on any atom is -0.467 e. The van der Waals surface area contributed by atoms with Gasteiger partial charge in [0.15, 0.2) is 0 Å². The Labute approximate surface area is 207 Å². The summed E-state index contributed by atoms with van der Waals surface area (Å²) in [5.74, 6) is 0.783. The zero-order valence-corrected chi connectivity index (χ0v) is 20.7. The molecule has 12 nitrogen and oxygen atoms in total. The molecule has 0 radical (unpaired) electrons. The van der Waals surface area contributed by atoms with Crippen LogP contribution >= 0.6 is 0 Å². The monoisotopic (exact) mass is 486 g/mol. The standard InChI is InChI=1S/C23H38N10O2/c1-32-12-14-33(15-13-32)11-10-26-21-29-22(27-17-18-6-5-9-25-16-18)31-23(30-21)28-19(20(34)35-2)7-3-4-8-24/h5-6,9,16,19H,3-4,7-8,10-15,17,24H2,1-2H3,(H3,26,27,28,29,30,31)/t19-/m0/s1. The van der Waals surface area contributed by atoms with E-state index in [1.165, 1.54) is 7.11 Å². The smallest absolute Gasteiger partial charge is 0.328 e. The molecule has 0 amide bonds. The number of anilines is 3. The van der Waals surface area contributed by atoms with Crippen molar-refractivity contribution in [3.05, 3.63) is 30.1 Å². The van der Waals surface area contributed by atoms with E-state index in [0.29, 0.717) is 43.9 Å². The Morgan fingerprint density at radius 3 is 2.54 bits per heavy atom. The number of carbonyl (C=O) groups is 1. The van der Waals surface area contributed by atoms with Gasteiger partial charge in [0.1, 0.15) is 6.04 Å². The van der Waals surface area contributed by atoms with Crippen molar-refractivity contribution in [2.45, 2.75) is 31.8 Å². The Bertz CT molecular complexity index is 893. The maximum Gasteiger partial charge on any atom is 0.328 e. The fraction of sp³-hybridized carbons (Fsp3) is 0.609. The highest BCUT2D eigenvalue weighted by Gasteiger charge is 2.21. The number of pyridine rings is 1. The number of methoxy groups -OCH3 is 1. The van der Waals surface area contributed by atoms with E-state index in [9.17, 15) is 4.79 Å². The van der Waals surface area contributed by atoms with Crippen LogP contribution in [-0.4, -0.2) is 102 Å². The Morgan fingerprint density at radius 2 is 1.86 bits per heavy atom. The average Bonchev–Trinajstić information content (AvgIpc) is 2.88. The summed E-state index contributed by atoms with van der Waals surface area (Å²) in [7, 11) is 3.52. The van der Waals surface area contributed by atoms with Gasteiger partial charge in [-0.25, -0.2) is 4.79 Å². The third-order valence-corrected chi connectivity index (χ3v) is 5.85. The Balaban J connectivity index is 1.68. The summed E-state index contributed by atoms with van der Waals surface area (Å²) in [5.41, 5.74) is 6.61. The SMILES string of the molecule is COC(=O)[C@H](CCCCN)Nc1nc(NCCN2CCN(C)CC2)nc(NCc2cccnc2)n1. The Hall–Kier alpha value is -3.09. The minimum atomic E-state index is -0.571. The van der Waals surface area contributed by atoms with E-state index in [1.807, 2.05) is 12.1 Å². The minimum absolute atomic E-state index is 0.305. The molecule has 1 saturated heterocycles. The predicted molar refractivity (Wildman–Crippen MR) is 136 cm³/mol. The normalized spacial score (nSPS) is 15.4. The van der Waals surface area contributed by atoms with E-state index >= 15 is 0 Å². The van der Waals surface area contributed by atoms with Gasteiger partial charge in [-0.1, -0.05) is 6.07 Å². The molecule has 192 valence electrons. The molecule has 1 atom stereocenters. The topological polar surface area (TPSA) is 146 Å². The highest BCUT2D eigenvalue weighted by molar-refractivity contribution is 5.78. The summed E-state index contributed by atoms with van der Waals surface area (Å²) >= 11 is 0. The van der Waals surface area contributed by atoms with Crippen molar-refractivity contribution in [3.8, 4) is 0 Å². The lowest BCUT2D eigenvalue weighted by Gasteiger charge is -2.32. The van der Waals surface area contributed by atoms with Crippen molar-refractivity contribution in [2.75, 3.05) is 75.9 Å². The third kappa shape index (κ3) is 9.23. The molecule has 5 N–H and O–H groups in total. The number of unbranched alkanes of at least 4 members (excludes halogenated alkanes) is 1. The van der Waals surface area contributed by atoms with Crippen LogP contribution in [0, 0.1) is 0 Å². The summed E-state index contributed by atoms with van der Waals surface area (Å²) < 4.78 is 4.97. The van der Waals surface area contributed by atoms with Crippen LogP contribution < -0.4 is 21.7 Å². The first-order chi connectivity index (χ1) is 17.1. The number of nitrogens with two attached hydrogens (primary N) is 1. The molecular weight excluding hydrogens is 448 g/mol. The molecule has 0 unspecified atom stereocenters. The first-order valence-corrected chi connectivity index (χ1v) is 12.2. The van der Waals surface area contributed by atoms with Crippen LogP contribution in [0.25, 0.3) is 0 Å². The van der Waals surface area contributed by atoms with Crippen LogP contribution in [0.4, 0.5) is 17.8 Å². The molecule has 0 bridgehead atoms. The maximum absolute atomic E-state index is 12.3. The van der Waals surface area contributed by atoms with Gasteiger partial charge in [-0.3, -0.25) is 9.88 Å². The molecule has 12 heteroatoms. The lowest BCUT2D eigenvalue weighted by Crippen LogP contribution is -2.45. The van der Waals surface area contributed by atoms with Gasteiger partial charge >= 0.3 is 5.97 Å². The zero-order chi connectivity index (χ0) is 24.9. The van der Waals surface area contributed by atoms with Crippen molar-refractivity contribution < 1.29 is 9.53 Å². The first kappa shape index (κ1) is 26.5. The molecule has 0 aliphatic carbocycles. The largest absolute Gasteiger partial charge is 0.467 e. The fourth-order valence-corrected chi connectivity index (χ4v) is 3.72. The number of nitrogens with one attached hydrogen (secondary N) is 3. The lowest BCUT2D eigenvalue weighted by atomic mass is 10.1. The number of carbonyl (C=O) groups excluding carboxylic acids is 1. The van der Waals surface area contributed by atoms with Gasteiger partial charge in [-0.05, 0) is 44.5 Å². The van der Waals surface area contributed by atoms with Crippen molar-refractivity contribution in [2.24, 2.45) is 5.73 Å². The number of hydrogen-bond donors (Lipinski definition) is 4. The maximum atomic E-state index is 12.3. The van der Waals surface area contributed by atoms with Gasteiger partial charge < -0.3 is 31.3 Å². The summed E-state index contributed by atoms with van der Waals surface area (Å²) in [6, 6.07) is 3.28. The van der Waals surface area contributed by atoms with Crippen molar-refractivity contribution in [1.82, 2.24) is 29.7 Å². The number of nitrogens with zero attached hydrogens (tertiary/aromatic N) is 6. The second-order valence-corrected chi connectivity index (χ2v) is 8.60. The number of hydrogen-bond acceptors (Lipinski definition) is 12. The van der Waals surface area contributed by atoms with Crippen LogP contribution in [0.15, 0.2) is 24.5 Å². The van der Waals surface area contributed by atoms with E-state index in [-0.39, 0.29) is 5.97 Å². The number of ether oxygens (including phenoxy) is 1. The van der Waals surface area contributed by atoms with Gasteiger partial charge in [-0.15, -0.1) is 0 Å². The van der Waals surface area contributed by atoms with E-state index in [2.05, 4.69) is 52.7 Å². The summed E-state index contributed by atoms with van der Waals surface area (Å²) in [5, 5.41) is 9.66. The molecule has 35 heavy (non-hydrogen) atoms. The van der Waals surface area contributed by atoms with E-state index in [4.69, 9.17) is 10.5 Å². The molecule has 0 aromatic carbocycles. The first-order valence-electron chi connectivity index (χ1n) is 12.2. The van der Waals surface area contributed by atoms with Gasteiger partial charge in [0.05, 0.1) is 7.11 Å². The van der Waals surface area contributed by atoms with Gasteiger partial charge in [0, 0.05) is 58.2 Å². The van der Waals surface area contributed by atoms with E-state index in [1.54, 1.807) is 12.4 Å². The second-order valence-electron chi connectivity index (χ2n) is 8.60. The van der Waals surface area contributed by atoms with Crippen LogP contribution in [-0.2, 0) is 16.1 Å². The number of esters is 1.